The minimum Gasteiger partial charge on any atom is -0.489 e. The van der Waals surface area contributed by atoms with Crippen molar-refractivity contribution in [3.63, 3.8) is 0 Å². The summed E-state index contributed by atoms with van der Waals surface area (Å²) < 4.78 is 6.23. The van der Waals surface area contributed by atoms with Crippen molar-refractivity contribution in [3.8, 4) is 11.8 Å². The van der Waals surface area contributed by atoms with Crippen molar-refractivity contribution in [1.29, 1.82) is 5.26 Å². The molecular weight excluding hydrogens is 360 g/mol. The van der Waals surface area contributed by atoms with Gasteiger partial charge in [-0.2, -0.15) is 5.26 Å². The highest BCUT2D eigenvalue weighted by Crippen LogP contribution is 2.55. The van der Waals surface area contributed by atoms with Crippen molar-refractivity contribution in [1.82, 2.24) is 5.32 Å². The van der Waals surface area contributed by atoms with Crippen LogP contribution in [0.1, 0.15) is 43.6 Å². The van der Waals surface area contributed by atoms with Crippen LogP contribution in [-0.2, 0) is 0 Å². The van der Waals surface area contributed by atoms with Crippen LogP contribution in [0.5, 0.6) is 5.75 Å². The largest absolute Gasteiger partial charge is 0.489 e. The van der Waals surface area contributed by atoms with E-state index in [1.54, 1.807) is 30.3 Å². The third-order valence-electron chi connectivity index (χ3n) is 5.47. The molecule has 1 amide bonds. The van der Waals surface area contributed by atoms with Gasteiger partial charge in [-0.25, -0.2) is 0 Å². The molecule has 4 nitrogen and oxygen atoms in total. The SMILES string of the molecule is CC1(C)[C@H](NC(=O)c2ccccc2)C(C)(C)[C@H]1Oc1ccc(C#N)c(Cl)c1. The van der Waals surface area contributed by atoms with Crippen LogP contribution in [0.25, 0.3) is 0 Å². The van der Waals surface area contributed by atoms with Gasteiger partial charge in [-0.05, 0) is 24.3 Å². The maximum atomic E-state index is 12.6. The Labute approximate surface area is 165 Å². The molecule has 0 heterocycles. The third kappa shape index (κ3) is 3.40. The molecule has 1 N–H and O–H groups in total. The average Bonchev–Trinajstić information content (AvgIpc) is 2.64. The van der Waals surface area contributed by atoms with Crippen LogP contribution in [0.2, 0.25) is 5.02 Å². The van der Waals surface area contributed by atoms with Gasteiger partial charge in [-0.15, -0.1) is 0 Å². The Kier molecular flexibility index (Phi) is 4.92. The first-order chi connectivity index (χ1) is 12.7. The summed E-state index contributed by atoms with van der Waals surface area (Å²) in [4.78, 5) is 12.6. The minimum absolute atomic E-state index is 0.0449. The number of amides is 1. The van der Waals surface area contributed by atoms with Gasteiger partial charge in [0.1, 0.15) is 17.9 Å². The van der Waals surface area contributed by atoms with Gasteiger partial charge in [0.05, 0.1) is 10.6 Å². The molecule has 0 atom stereocenters. The summed E-state index contributed by atoms with van der Waals surface area (Å²) in [6.45, 7) is 8.35. The molecule has 2 aromatic carbocycles. The summed E-state index contributed by atoms with van der Waals surface area (Å²) in [5.74, 6) is 0.541. The number of carbonyl (C=O) groups is 1. The zero-order valence-corrected chi connectivity index (χ0v) is 16.7. The van der Waals surface area contributed by atoms with Crippen molar-refractivity contribution in [2.75, 3.05) is 0 Å². The van der Waals surface area contributed by atoms with Crippen LogP contribution in [0.4, 0.5) is 0 Å². The average molecular weight is 383 g/mol. The van der Waals surface area contributed by atoms with E-state index >= 15 is 0 Å². The minimum atomic E-state index is -0.270. The molecule has 0 aliphatic heterocycles. The summed E-state index contributed by atoms with van der Waals surface area (Å²) >= 11 is 6.12. The van der Waals surface area contributed by atoms with E-state index in [-0.39, 0.29) is 28.9 Å². The molecule has 0 saturated heterocycles. The van der Waals surface area contributed by atoms with Crippen molar-refractivity contribution >= 4 is 17.5 Å². The summed E-state index contributed by atoms with van der Waals surface area (Å²) in [6.07, 6.45) is -0.116. The van der Waals surface area contributed by atoms with E-state index in [1.165, 1.54) is 0 Å². The van der Waals surface area contributed by atoms with Crippen molar-refractivity contribution in [3.05, 3.63) is 64.7 Å². The number of ether oxygens (including phenoxy) is 1. The number of halogens is 1. The molecule has 2 aromatic rings. The third-order valence-corrected chi connectivity index (χ3v) is 5.78. The van der Waals surface area contributed by atoms with E-state index in [2.05, 4.69) is 33.0 Å². The second-order valence-corrected chi connectivity index (χ2v) is 8.57. The Bertz CT molecular complexity index is 884. The van der Waals surface area contributed by atoms with Crippen LogP contribution in [0, 0.1) is 22.2 Å². The standard InChI is InChI=1S/C22H23ClN2O2/c1-21(2)19(25-18(26)14-8-6-5-7-9-14)22(3,4)20(21)27-16-11-10-15(13-24)17(23)12-16/h5-12,19-20H,1-4H3,(H,25,26)/t19-,20-. The van der Waals surface area contributed by atoms with Crippen LogP contribution in [0.3, 0.4) is 0 Å². The normalized spacial score (nSPS) is 22.2. The van der Waals surface area contributed by atoms with Gasteiger partial charge in [0.25, 0.3) is 5.91 Å². The summed E-state index contributed by atoms with van der Waals surface area (Å²) in [7, 11) is 0. The van der Waals surface area contributed by atoms with Crippen LogP contribution < -0.4 is 10.1 Å². The van der Waals surface area contributed by atoms with Crippen LogP contribution in [0.15, 0.2) is 48.5 Å². The number of rotatable bonds is 4. The molecule has 3 rings (SSSR count). The number of hydrogen-bond acceptors (Lipinski definition) is 3. The van der Waals surface area contributed by atoms with E-state index in [0.29, 0.717) is 21.9 Å². The number of hydrogen-bond donors (Lipinski definition) is 1. The quantitative estimate of drug-likeness (QED) is 0.824. The lowest BCUT2D eigenvalue weighted by Gasteiger charge is -2.63. The molecule has 140 valence electrons. The lowest BCUT2D eigenvalue weighted by atomic mass is 9.49. The maximum absolute atomic E-state index is 12.6. The zero-order valence-electron chi connectivity index (χ0n) is 15.9. The van der Waals surface area contributed by atoms with Crippen molar-refractivity contribution < 1.29 is 9.53 Å². The Morgan fingerprint density at radius 1 is 1.11 bits per heavy atom. The number of nitriles is 1. The van der Waals surface area contributed by atoms with Gasteiger partial charge in [0, 0.05) is 28.5 Å². The molecule has 1 aliphatic carbocycles. The van der Waals surface area contributed by atoms with Gasteiger partial charge in [0.15, 0.2) is 0 Å². The second-order valence-electron chi connectivity index (χ2n) is 8.17. The molecule has 0 radical (unpaired) electrons. The van der Waals surface area contributed by atoms with E-state index < -0.39 is 0 Å². The fraction of sp³-hybridized carbons (Fsp3) is 0.364. The lowest BCUT2D eigenvalue weighted by Crippen LogP contribution is -2.74. The highest BCUT2D eigenvalue weighted by atomic mass is 35.5. The number of nitrogens with one attached hydrogen (secondary N) is 1. The summed E-state index contributed by atoms with van der Waals surface area (Å²) in [5.41, 5.74) is 0.527. The van der Waals surface area contributed by atoms with Crippen LogP contribution in [-0.4, -0.2) is 18.1 Å². The van der Waals surface area contributed by atoms with Crippen molar-refractivity contribution in [2.45, 2.75) is 39.8 Å². The lowest BCUT2D eigenvalue weighted by molar-refractivity contribution is -0.164. The Hall–Kier alpha value is -2.51. The fourth-order valence-electron chi connectivity index (χ4n) is 4.40. The van der Waals surface area contributed by atoms with Gasteiger partial charge in [-0.1, -0.05) is 57.5 Å². The zero-order chi connectivity index (χ0) is 19.8. The summed E-state index contributed by atoms with van der Waals surface area (Å²) in [5, 5.41) is 12.6. The first-order valence-corrected chi connectivity index (χ1v) is 9.28. The highest BCUT2D eigenvalue weighted by molar-refractivity contribution is 6.31. The monoisotopic (exact) mass is 382 g/mol. The smallest absolute Gasteiger partial charge is 0.251 e. The molecule has 0 spiro atoms. The van der Waals surface area contributed by atoms with E-state index in [0.717, 1.165) is 0 Å². The number of carbonyl (C=O) groups excluding carboxylic acids is 1. The predicted molar refractivity (Wildman–Crippen MR) is 106 cm³/mol. The second kappa shape index (κ2) is 6.90. The molecule has 1 aliphatic rings. The number of benzene rings is 2. The molecule has 1 saturated carbocycles. The molecule has 0 aromatic heterocycles. The number of nitrogens with zero attached hydrogens (tertiary/aromatic N) is 1. The van der Waals surface area contributed by atoms with Gasteiger partial charge >= 0.3 is 0 Å². The topological polar surface area (TPSA) is 62.1 Å². The molecule has 5 heteroatoms. The maximum Gasteiger partial charge on any atom is 0.251 e. The van der Waals surface area contributed by atoms with Gasteiger partial charge in [-0.3, -0.25) is 4.79 Å². The molecule has 0 bridgehead atoms. The summed E-state index contributed by atoms with van der Waals surface area (Å²) in [6, 6.07) is 16.3. The van der Waals surface area contributed by atoms with Crippen molar-refractivity contribution in [2.24, 2.45) is 10.8 Å². The molecule has 27 heavy (non-hydrogen) atoms. The predicted octanol–water partition coefficient (Wildman–Crippen LogP) is 4.82. The highest BCUT2D eigenvalue weighted by Gasteiger charge is 2.64. The van der Waals surface area contributed by atoms with E-state index in [1.807, 2.05) is 24.3 Å². The molecular formula is C22H23ClN2O2. The Morgan fingerprint density at radius 2 is 1.74 bits per heavy atom. The van der Waals surface area contributed by atoms with Gasteiger partial charge < -0.3 is 10.1 Å². The van der Waals surface area contributed by atoms with Gasteiger partial charge in [0.2, 0.25) is 0 Å². The fourth-order valence-corrected chi connectivity index (χ4v) is 4.61. The Morgan fingerprint density at radius 3 is 2.30 bits per heavy atom. The molecule has 1 fully saturated rings. The van der Waals surface area contributed by atoms with Crippen LogP contribution >= 0.6 is 11.6 Å². The van der Waals surface area contributed by atoms with E-state index in [9.17, 15) is 4.79 Å². The Balaban J connectivity index is 1.77. The molecule has 0 unspecified atom stereocenters. The first-order valence-electron chi connectivity index (χ1n) is 8.90. The first kappa shape index (κ1) is 19.3. The van der Waals surface area contributed by atoms with E-state index in [4.69, 9.17) is 21.6 Å².